The highest BCUT2D eigenvalue weighted by Gasteiger charge is 2.34. The van der Waals surface area contributed by atoms with Crippen molar-refractivity contribution in [2.24, 2.45) is 0 Å². The standard InChI is InChI=1S/C13H24N2O4/c1-10-9-19-12(8-16)7-15(10)11(2)13(17)14-3-5-18-6-4-14/h10-12,16H,3-9H2,1-2H3. The summed E-state index contributed by atoms with van der Waals surface area (Å²) < 4.78 is 10.8. The summed E-state index contributed by atoms with van der Waals surface area (Å²) >= 11 is 0. The van der Waals surface area contributed by atoms with Crippen LogP contribution in [-0.4, -0.2) is 85.1 Å². The van der Waals surface area contributed by atoms with Gasteiger partial charge >= 0.3 is 0 Å². The number of hydrogen-bond donors (Lipinski definition) is 1. The number of amides is 1. The van der Waals surface area contributed by atoms with Gasteiger partial charge in [-0.15, -0.1) is 0 Å². The molecule has 0 aliphatic carbocycles. The maximum absolute atomic E-state index is 12.5. The largest absolute Gasteiger partial charge is 0.394 e. The molecule has 2 saturated heterocycles. The maximum Gasteiger partial charge on any atom is 0.239 e. The van der Waals surface area contributed by atoms with Gasteiger partial charge in [-0.2, -0.15) is 0 Å². The molecule has 0 aromatic heterocycles. The van der Waals surface area contributed by atoms with Crippen LogP contribution in [-0.2, 0) is 14.3 Å². The first-order valence-corrected chi connectivity index (χ1v) is 6.98. The first-order chi connectivity index (χ1) is 9.13. The molecule has 2 aliphatic rings. The second-order valence-electron chi connectivity index (χ2n) is 5.30. The molecule has 6 nitrogen and oxygen atoms in total. The molecule has 19 heavy (non-hydrogen) atoms. The minimum atomic E-state index is -0.184. The van der Waals surface area contributed by atoms with Crippen LogP contribution in [0, 0.1) is 0 Å². The van der Waals surface area contributed by atoms with Gasteiger partial charge in [-0.05, 0) is 13.8 Å². The molecule has 1 amide bonds. The monoisotopic (exact) mass is 272 g/mol. The van der Waals surface area contributed by atoms with E-state index in [-0.39, 0.29) is 30.7 Å². The van der Waals surface area contributed by atoms with Crippen molar-refractivity contribution in [3.05, 3.63) is 0 Å². The highest BCUT2D eigenvalue weighted by molar-refractivity contribution is 5.81. The van der Waals surface area contributed by atoms with Crippen LogP contribution in [0.2, 0.25) is 0 Å². The number of carbonyl (C=O) groups excluding carboxylic acids is 1. The Morgan fingerprint density at radius 3 is 2.74 bits per heavy atom. The summed E-state index contributed by atoms with van der Waals surface area (Å²) in [6, 6.07) is 0.0221. The van der Waals surface area contributed by atoms with E-state index in [1.54, 1.807) is 0 Å². The van der Waals surface area contributed by atoms with Gasteiger partial charge in [0.2, 0.25) is 5.91 Å². The number of carbonyl (C=O) groups is 1. The van der Waals surface area contributed by atoms with E-state index in [2.05, 4.69) is 11.8 Å². The third-order valence-corrected chi connectivity index (χ3v) is 3.93. The molecule has 2 rings (SSSR count). The predicted molar refractivity (Wildman–Crippen MR) is 69.9 cm³/mol. The fourth-order valence-electron chi connectivity index (χ4n) is 2.68. The average molecular weight is 272 g/mol. The quantitative estimate of drug-likeness (QED) is 0.737. The van der Waals surface area contributed by atoms with Crippen LogP contribution < -0.4 is 0 Å². The normalized spacial score (nSPS) is 31.2. The van der Waals surface area contributed by atoms with Crippen molar-refractivity contribution in [1.29, 1.82) is 0 Å². The Labute approximate surface area is 114 Å². The summed E-state index contributed by atoms with van der Waals surface area (Å²) in [7, 11) is 0. The topological polar surface area (TPSA) is 62.2 Å². The SMILES string of the molecule is CC1COC(CO)CN1C(C)C(=O)N1CCOCC1. The fraction of sp³-hybridized carbons (Fsp3) is 0.923. The van der Waals surface area contributed by atoms with Crippen LogP contribution in [0.15, 0.2) is 0 Å². The van der Waals surface area contributed by atoms with Crippen LogP contribution in [0.1, 0.15) is 13.8 Å². The van der Waals surface area contributed by atoms with Crippen molar-refractivity contribution in [2.75, 3.05) is 46.1 Å². The maximum atomic E-state index is 12.5. The van der Waals surface area contributed by atoms with Crippen LogP contribution >= 0.6 is 0 Å². The Bertz CT molecular complexity index is 307. The Kier molecular flexibility index (Phi) is 5.15. The van der Waals surface area contributed by atoms with Gasteiger partial charge in [-0.1, -0.05) is 0 Å². The number of hydrogen-bond acceptors (Lipinski definition) is 5. The van der Waals surface area contributed by atoms with Gasteiger partial charge in [0.1, 0.15) is 0 Å². The van der Waals surface area contributed by atoms with Crippen molar-refractivity contribution < 1.29 is 19.4 Å². The Hall–Kier alpha value is -0.690. The van der Waals surface area contributed by atoms with Crippen molar-refractivity contribution >= 4 is 5.91 Å². The van der Waals surface area contributed by atoms with E-state index in [0.29, 0.717) is 39.5 Å². The third kappa shape index (κ3) is 3.45. The fourth-order valence-corrected chi connectivity index (χ4v) is 2.68. The molecule has 1 N–H and O–H groups in total. The smallest absolute Gasteiger partial charge is 0.239 e. The summed E-state index contributed by atoms with van der Waals surface area (Å²) in [4.78, 5) is 16.5. The number of ether oxygens (including phenoxy) is 2. The van der Waals surface area contributed by atoms with Crippen molar-refractivity contribution in [2.45, 2.75) is 32.0 Å². The van der Waals surface area contributed by atoms with Crippen LogP contribution in [0.3, 0.4) is 0 Å². The Balaban J connectivity index is 1.96. The van der Waals surface area contributed by atoms with E-state index >= 15 is 0 Å². The lowest BCUT2D eigenvalue weighted by molar-refractivity contribution is -0.147. The molecule has 2 fully saturated rings. The zero-order valence-corrected chi connectivity index (χ0v) is 11.7. The van der Waals surface area contributed by atoms with Crippen LogP contribution in [0.25, 0.3) is 0 Å². The molecular formula is C13H24N2O4. The molecule has 2 aliphatic heterocycles. The Morgan fingerprint density at radius 2 is 2.11 bits per heavy atom. The van der Waals surface area contributed by atoms with Gasteiger partial charge in [0.25, 0.3) is 0 Å². The lowest BCUT2D eigenvalue weighted by Gasteiger charge is -2.42. The molecule has 0 saturated carbocycles. The second kappa shape index (κ2) is 6.65. The second-order valence-corrected chi connectivity index (χ2v) is 5.30. The van der Waals surface area contributed by atoms with Crippen molar-refractivity contribution in [3.8, 4) is 0 Å². The zero-order chi connectivity index (χ0) is 13.8. The van der Waals surface area contributed by atoms with E-state index < -0.39 is 0 Å². The van der Waals surface area contributed by atoms with Gasteiger partial charge in [-0.25, -0.2) is 0 Å². The highest BCUT2D eigenvalue weighted by atomic mass is 16.5. The van der Waals surface area contributed by atoms with Crippen molar-refractivity contribution in [1.82, 2.24) is 9.80 Å². The van der Waals surface area contributed by atoms with E-state index in [9.17, 15) is 9.90 Å². The van der Waals surface area contributed by atoms with Gasteiger partial charge in [-0.3, -0.25) is 9.69 Å². The minimum Gasteiger partial charge on any atom is -0.394 e. The number of aliphatic hydroxyl groups is 1. The lowest BCUT2D eigenvalue weighted by Crippen LogP contribution is -2.58. The molecule has 0 radical (unpaired) electrons. The van der Waals surface area contributed by atoms with E-state index in [4.69, 9.17) is 9.47 Å². The third-order valence-electron chi connectivity index (χ3n) is 3.93. The number of rotatable bonds is 3. The predicted octanol–water partition coefficient (Wildman–Crippen LogP) is -0.685. The molecule has 0 spiro atoms. The first kappa shape index (κ1) is 14.7. The van der Waals surface area contributed by atoms with Crippen LogP contribution in [0.4, 0.5) is 0 Å². The lowest BCUT2D eigenvalue weighted by atomic mass is 10.1. The molecule has 2 heterocycles. The Morgan fingerprint density at radius 1 is 1.42 bits per heavy atom. The van der Waals surface area contributed by atoms with E-state index in [0.717, 1.165) is 0 Å². The summed E-state index contributed by atoms with van der Waals surface area (Å²) in [5, 5.41) is 9.20. The molecule has 0 aromatic rings. The molecule has 0 bridgehead atoms. The summed E-state index contributed by atoms with van der Waals surface area (Å²) in [6.45, 7) is 7.75. The van der Waals surface area contributed by atoms with Crippen LogP contribution in [0.5, 0.6) is 0 Å². The van der Waals surface area contributed by atoms with Gasteiger partial charge in [0.05, 0.1) is 38.6 Å². The molecule has 110 valence electrons. The van der Waals surface area contributed by atoms with Crippen molar-refractivity contribution in [3.63, 3.8) is 0 Å². The molecular weight excluding hydrogens is 248 g/mol. The molecule has 0 aromatic carbocycles. The minimum absolute atomic E-state index is 0.00167. The van der Waals surface area contributed by atoms with Gasteiger partial charge in [0.15, 0.2) is 0 Å². The molecule has 3 atom stereocenters. The number of morpholine rings is 2. The highest BCUT2D eigenvalue weighted by Crippen LogP contribution is 2.16. The first-order valence-electron chi connectivity index (χ1n) is 6.98. The number of aliphatic hydroxyl groups excluding tert-OH is 1. The van der Waals surface area contributed by atoms with E-state index in [1.807, 2.05) is 11.8 Å². The zero-order valence-electron chi connectivity index (χ0n) is 11.7. The summed E-state index contributed by atoms with van der Waals surface area (Å²) in [5.74, 6) is 0.147. The average Bonchev–Trinajstić information content (AvgIpc) is 2.47. The van der Waals surface area contributed by atoms with E-state index in [1.165, 1.54) is 0 Å². The number of nitrogens with zero attached hydrogens (tertiary/aromatic N) is 2. The van der Waals surface area contributed by atoms with Gasteiger partial charge in [0, 0.05) is 25.7 Å². The molecule has 6 heteroatoms. The van der Waals surface area contributed by atoms with Gasteiger partial charge < -0.3 is 19.5 Å². The summed E-state index contributed by atoms with van der Waals surface area (Å²) in [5.41, 5.74) is 0. The molecule has 3 unspecified atom stereocenters. The summed E-state index contributed by atoms with van der Waals surface area (Å²) in [6.07, 6.45) is -0.184.